The Labute approximate surface area is 244 Å². The number of piperazine rings is 1. The zero-order valence-corrected chi connectivity index (χ0v) is 23.9. The van der Waals surface area contributed by atoms with Gasteiger partial charge < -0.3 is 33.9 Å². The molecule has 2 saturated heterocycles. The van der Waals surface area contributed by atoms with E-state index >= 15 is 0 Å². The van der Waals surface area contributed by atoms with E-state index < -0.39 is 0 Å². The molecule has 1 aromatic heterocycles. The number of nitrogens with zero attached hydrogens (tertiary/aromatic N) is 5. The second-order valence-electron chi connectivity index (χ2n) is 11.0. The third-order valence-electron chi connectivity index (χ3n) is 8.36. The van der Waals surface area contributed by atoms with Crippen LogP contribution in [0.25, 0.3) is 22.4 Å². The number of fused-ring (bicyclic) bond motifs is 3. The Hall–Kier alpha value is -4.57. The van der Waals surface area contributed by atoms with Crippen LogP contribution in [-0.4, -0.2) is 91.6 Å². The lowest BCUT2D eigenvalue weighted by Crippen LogP contribution is -2.44. The summed E-state index contributed by atoms with van der Waals surface area (Å²) in [4.78, 5) is 32.6. The lowest BCUT2D eigenvalue weighted by atomic mass is 10.1. The Morgan fingerprint density at radius 1 is 0.952 bits per heavy atom. The Kier molecular flexibility index (Phi) is 6.91. The van der Waals surface area contributed by atoms with E-state index in [1.54, 1.807) is 19.2 Å². The molecule has 10 heteroatoms. The number of carbonyl (C=O) groups excluding carboxylic acids is 1. The van der Waals surface area contributed by atoms with E-state index in [2.05, 4.69) is 45.0 Å². The average Bonchev–Trinajstić information content (AvgIpc) is 3.65. The van der Waals surface area contributed by atoms with Crippen LogP contribution in [0, 0.1) is 0 Å². The number of carbonyl (C=O) groups is 1. The lowest BCUT2D eigenvalue weighted by molar-refractivity contribution is 0.0774. The number of methoxy groups -OCH3 is 1. The first-order valence-corrected chi connectivity index (χ1v) is 14.4. The van der Waals surface area contributed by atoms with Crippen LogP contribution in [-0.2, 0) is 0 Å². The van der Waals surface area contributed by atoms with Gasteiger partial charge in [-0.2, -0.15) is 0 Å². The molecule has 0 aliphatic carbocycles. The molecule has 0 bridgehead atoms. The molecule has 3 aliphatic rings. The van der Waals surface area contributed by atoms with Crippen LogP contribution in [0.2, 0.25) is 0 Å². The van der Waals surface area contributed by atoms with Gasteiger partial charge in [-0.05, 0) is 68.4 Å². The average molecular weight is 567 g/mol. The minimum atomic E-state index is -0.0272. The second kappa shape index (κ2) is 11.0. The number of benzene rings is 3. The number of aliphatic imine (C=N–C) groups is 1. The summed E-state index contributed by atoms with van der Waals surface area (Å²) < 4.78 is 17.3. The van der Waals surface area contributed by atoms with E-state index in [-0.39, 0.29) is 18.7 Å². The molecule has 0 saturated carbocycles. The predicted octanol–water partition coefficient (Wildman–Crippen LogP) is 4.73. The number of aromatic amines is 1. The van der Waals surface area contributed by atoms with Gasteiger partial charge >= 0.3 is 0 Å². The molecular weight excluding hydrogens is 532 g/mol. The smallest absolute Gasteiger partial charge is 0.256 e. The highest BCUT2D eigenvalue weighted by Crippen LogP contribution is 2.38. The molecule has 1 N–H and O–H groups in total. The number of nitrogens with one attached hydrogen (secondary N) is 1. The molecule has 10 nitrogen and oxygen atoms in total. The summed E-state index contributed by atoms with van der Waals surface area (Å²) in [5.41, 5.74) is 5.26. The van der Waals surface area contributed by atoms with Gasteiger partial charge in [0.25, 0.3) is 5.91 Å². The number of imidazole rings is 1. The number of hydrogen-bond acceptors (Lipinski definition) is 8. The van der Waals surface area contributed by atoms with E-state index in [9.17, 15) is 4.79 Å². The Morgan fingerprint density at radius 2 is 1.79 bits per heavy atom. The molecule has 216 valence electrons. The Bertz CT molecular complexity index is 1640. The molecule has 4 aromatic rings. The Morgan fingerprint density at radius 3 is 2.60 bits per heavy atom. The minimum absolute atomic E-state index is 0.0221. The zero-order valence-electron chi connectivity index (χ0n) is 23.9. The standard InChI is InChI=1S/C32H34N6O4/c1-36-12-14-37(15-13-36)22-7-10-26-28(16-22)35-31(34-26)21-5-8-24(9-6-21)41-20-42-30-18-27-25(17-29(30)40-2)32(39)38-11-3-4-23(38)19-33-27/h5-10,16-19,23H,3-4,11-15,20H2,1-2H3,(H,34,35)/t23-/m0/s1. The molecule has 4 heterocycles. The van der Waals surface area contributed by atoms with Crippen molar-refractivity contribution in [1.82, 2.24) is 19.8 Å². The SMILES string of the molecule is COc1cc2c(cc1OCOc1ccc(-c3nc4ccc(N5CCN(C)CC5)cc4[nH]3)cc1)N=C[C@@H]1CCCN1C2=O. The maximum absolute atomic E-state index is 13.1. The van der Waals surface area contributed by atoms with E-state index in [1.807, 2.05) is 35.4 Å². The van der Waals surface area contributed by atoms with Crippen LogP contribution in [0.5, 0.6) is 17.2 Å². The van der Waals surface area contributed by atoms with Crippen LogP contribution in [0.1, 0.15) is 23.2 Å². The summed E-state index contributed by atoms with van der Waals surface area (Å²) in [6, 6.07) is 17.7. The molecule has 0 radical (unpaired) electrons. The zero-order chi connectivity index (χ0) is 28.6. The van der Waals surface area contributed by atoms with Crippen molar-refractivity contribution in [3.63, 3.8) is 0 Å². The normalized spacial score (nSPS) is 18.6. The van der Waals surface area contributed by atoms with Gasteiger partial charge in [-0.25, -0.2) is 4.98 Å². The highest BCUT2D eigenvalue weighted by Gasteiger charge is 2.32. The molecule has 3 aliphatic heterocycles. The van der Waals surface area contributed by atoms with Crippen molar-refractivity contribution in [3.05, 3.63) is 60.2 Å². The monoisotopic (exact) mass is 566 g/mol. The van der Waals surface area contributed by atoms with Crippen molar-refractivity contribution in [2.75, 3.05) is 58.6 Å². The second-order valence-corrected chi connectivity index (χ2v) is 11.0. The number of hydrogen-bond donors (Lipinski definition) is 1. The fraction of sp³-hybridized carbons (Fsp3) is 0.344. The quantitative estimate of drug-likeness (QED) is 0.323. The molecule has 2 fully saturated rings. The van der Waals surface area contributed by atoms with Gasteiger partial charge in [0, 0.05) is 56.3 Å². The molecule has 0 unspecified atom stereocenters. The van der Waals surface area contributed by atoms with Crippen molar-refractivity contribution in [3.8, 4) is 28.6 Å². The van der Waals surface area contributed by atoms with Crippen LogP contribution >= 0.6 is 0 Å². The number of anilines is 1. The number of rotatable bonds is 7. The van der Waals surface area contributed by atoms with Crippen LogP contribution in [0.15, 0.2) is 59.6 Å². The third kappa shape index (κ3) is 5.02. The van der Waals surface area contributed by atoms with Crippen molar-refractivity contribution >= 4 is 34.5 Å². The molecular formula is C32H34N6O4. The number of ether oxygens (including phenoxy) is 3. The highest BCUT2D eigenvalue weighted by molar-refractivity contribution is 6.03. The maximum Gasteiger partial charge on any atom is 0.256 e. The van der Waals surface area contributed by atoms with Gasteiger partial charge in [0.2, 0.25) is 6.79 Å². The van der Waals surface area contributed by atoms with E-state index in [0.717, 1.165) is 68.0 Å². The van der Waals surface area contributed by atoms with Crippen molar-refractivity contribution < 1.29 is 19.0 Å². The number of likely N-dealkylation sites (N-methyl/N-ethyl adjacent to an activating group) is 1. The van der Waals surface area contributed by atoms with Crippen LogP contribution in [0.3, 0.4) is 0 Å². The predicted molar refractivity (Wildman–Crippen MR) is 163 cm³/mol. The largest absolute Gasteiger partial charge is 0.493 e. The van der Waals surface area contributed by atoms with Crippen molar-refractivity contribution in [2.45, 2.75) is 18.9 Å². The van der Waals surface area contributed by atoms with Gasteiger partial charge in [0.1, 0.15) is 11.6 Å². The van der Waals surface area contributed by atoms with Gasteiger partial charge in [-0.3, -0.25) is 9.79 Å². The Balaban J connectivity index is 1.01. The van der Waals surface area contributed by atoms with Crippen LogP contribution < -0.4 is 19.1 Å². The topological polar surface area (TPSA) is 95.5 Å². The summed E-state index contributed by atoms with van der Waals surface area (Å²) in [7, 11) is 3.72. The van der Waals surface area contributed by atoms with Crippen LogP contribution in [0.4, 0.5) is 11.4 Å². The van der Waals surface area contributed by atoms with Crippen molar-refractivity contribution in [2.24, 2.45) is 4.99 Å². The fourth-order valence-electron chi connectivity index (χ4n) is 5.89. The summed E-state index contributed by atoms with van der Waals surface area (Å²) in [6.45, 7) is 4.92. The molecule has 7 rings (SSSR count). The molecule has 1 amide bonds. The fourth-order valence-corrected chi connectivity index (χ4v) is 5.89. The maximum atomic E-state index is 13.1. The van der Waals surface area contributed by atoms with Gasteiger partial charge in [-0.1, -0.05) is 0 Å². The lowest BCUT2D eigenvalue weighted by Gasteiger charge is -2.34. The van der Waals surface area contributed by atoms with E-state index in [0.29, 0.717) is 28.5 Å². The summed E-state index contributed by atoms with van der Waals surface area (Å²) in [5, 5.41) is 0. The highest BCUT2D eigenvalue weighted by atomic mass is 16.7. The van der Waals surface area contributed by atoms with Crippen molar-refractivity contribution in [1.29, 1.82) is 0 Å². The molecule has 3 aromatic carbocycles. The first kappa shape index (κ1) is 26.3. The molecule has 42 heavy (non-hydrogen) atoms. The van der Waals surface area contributed by atoms with Gasteiger partial charge in [-0.15, -0.1) is 0 Å². The molecule has 1 atom stereocenters. The van der Waals surface area contributed by atoms with Gasteiger partial charge in [0.05, 0.1) is 35.4 Å². The number of H-pyrrole nitrogens is 1. The number of aromatic nitrogens is 2. The van der Waals surface area contributed by atoms with Gasteiger partial charge in [0.15, 0.2) is 11.5 Å². The molecule has 0 spiro atoms. The number of amides is 1. The minimum Gasteiger partial charge on any atom is -0.493 e. The van der Waals surface area contributed by atoms with E-state index in [4.69, 9.17) is 19.2 Å². The third-order valence-corrected chi connectivity index (χ3v) is 8.36. The summed E-state index contributed by atoms with van der Waals surface area (Å²) >= 11 is 0. The van der Waals surface area contributed by atoms with E-state index in [1.165, 1.54) is 5.69 Å². The first-order valence-electron chi connectivity index (χ1n) is 14.4. The first-order chi connectivity index (χ1) is 20.6. The summed E-state index contributed by atoms with van der Waals surface area (Å²) in [5.74, 6) is 2.39. The summed E-state index contributed by atoms with van der Waals surface area (Å²) in [6.07, 6.45) is 3.79.